The van der Waals surface area contributed by atoms with Gasteiger partial charge in [0.05, 0.1) is 18.2 Å². The van der Waals surface area contributed by atoms with Gasteiger partial charge in [-0.15, -0.1) is 0 Å². The topological polar surface area (TPSA) is 83.7 Å². The summed E-state index contributed by atoms with van der Waals surface area (Å²) in [6.07, 6.45) is 1.85. The van der Waals surface area contributed by atoms with Crippen molar-refractivity contribution in [3.8, 4) is 0 Å². The van der Waals surface area contributed by atoms with E-state index in [9.17, 15) is 4.79 Å². The van der Waals surface area contributed by atoms with Gasteiger partial charge in [0.25, 0.3) is 6.79 Å². The van der Waals surface area contributed by atoms with Gasteiger partial charge in [-0.1, -0.05) is 18.2 Å². The first-order valence-electron chi connectivity index (χ1n) is 6.44. The molecule has 1 fully saturated rings. The Labute approximate surface area is 116 Å². The van der Waals surface area contributed by atoms with Crippen molar-refractivity contribution >= 4 is 5.97 Å². The summed E-state index contributed by atoms with van der Waals surface area (Å²) in [5.74, 6) is -0.477. The number of hydrogen-bond acceptors (Lipinski definition) is 6. The molecule has 0 spiro atoms. The van der Waals surface area contributed by atoms with Crippen molar-refractivity contribution in [1.29, 1.82) is 0 Å². The molecule has 1 unspecified atom stereocenters. The number of benzene rings is 1. The summed E-state index contributed by atoms with van der Waals surface area (Å²) in [5, 5.41) is 18.1. The van der Waals surface area contributed by atoms with E-state index in [2.05, 4.69) is 10.5 Å². The Morgan fingerprint density at radius 1 is 1.40 bits per heavy atom. The summed E-state index contributed by atoms with van der Waals surface area (Å²) >= 11 is 0. The van der Waals surface area contributed by atoms with Crippen molar-refractivity contribution in [2.45, 2.75) is 18.9 Å². The number of aliphatic hydroxyl groups excluding tert-OH is 1. The predicted octanol–water partition coefficient (Wildman–Crippen LogP) is 1.56. The number of aliphatic hydroxyl groups is 1. The summed E-state index contributed by atoms with van der Waals surface area (Å²) in [7, 11) is 0. The lowest BCUT2D eigenvalue weighted by atomic mass is 10.2. The van der Waals surface area contributed by atoms with Gasteiger partial charge in [-0.2, -0.15) is 0 Å². The average molecular weight is 279 g/mol. The first-order valence-corrected chi connectivity index (χ1v) is 6.44. The fourth-order valence-corrected chi connectivity index (χ4v) is 1.96. The first kappa shape index (κ1) is 14.3. The van der Waals surface area contributed by atoms with Crippen LogP contribution in [0.3, 0.4) is 0 Å². The van der Waals surface area contributed by atoms with E-state index in [1.165, 1.54) is 0 Å². The van der Waals surface area contributed by atoms with E-state index >= 15 is 0 Å². The standard InChI is InChI=1S/C13H17N3O4/c17-9-12-7-4-8-16(12)14-15-20-10-19-13(18)11-5-2-1-3-6-11/h1-3,5-6,12,17H,4,7-10H2/b15-14-. The number of esters is 1. The van der Waals surface area contributed by atoms with Gasteiger partial charge in [-0.05, 0) is 30.2 Å². The van der Waals surface area contributed by atoms with E-state index < -0.39 is 5.97 Å². The van der Waals surface area contributed by atoms with Crippen LogP contribution in [0.4, 0.5) is 0 Å². The van der Waals surface area contributed by atoms with E-state index in [0.29, 0.717) is 5.56 Å². The van der Waals surface area contributed by atoms with Crippen LogP contribution in [0.25, 0.3) is 0 Å². The Hall–Kier alpha value is -2.15. The molecular weight excluding hydrogens is 262 g/mol. The molecule has 0 radical (unpaired) electrons. The van der Waals surface area contributed by atoms with Crippen LogP contribution >= 0.6 is 0 Å². The second kappa shape index (κ2) is 7.44. The molecule has 1 aliphatic rings. The molecule has 0 saturated carbocycles. The van der Waals surface area contributed by atoms with E-state index in [4.69, 9.17) is 14.7 Å². The number of hydrogen-bond donors (Lipinski definition) is 1. The Morgan fingerprint density at radius 2 is 2.20 bits per heavy atom. The summed E-state index contributed by atoms with van der Waals surface area (Å²) < 4.78 is 4.86. The maximum atomic E-state index is 11.5. The van der Waals surface area contributed by atoms with Crippen molar-refractivity contribution in [1.82, 2.24) is 5.01 Å². The van der Waals surface area contributed by atoms with Crippen molar-refractivity contribution in [3.05, 3.63) is 35.9 Å². The monoisotopic (exact) mass is 279 g/mol. The highest BCUT2D eigenvalue weighted by Gasteiger charge is 2.22. The van der Waals surface area contributed by atoms with Gasteiger partial charge in [0.15, 0.2) is 0 Å². The second-order valence-corrected chi connectivity index (χ2v) is 4.36. The van der Waals surface area contributed by atoms with E-state index in [1.807, 2.05) is 6.07 Å². The fourth-order valence-electron chi connectivity index (χ4n) is 1.96. The normalized spacial score (nSPS) is 18.4. The minimum absolute atomic E-state index is 0.00535. The Bertz CT molecular complexity index is 452. The molecule has 0 aliphatic carbocycles. The summed E-state index contributed by atoms with van der Waals surface area (Å²) in [6, 6.07) is 8.61. The highest BCUT2D eigenvalue weighted by molar-refractivity contribution is 5.89. The van der Waals surface area contributed by atoms with E-state index in [1.54, 1.807) is 29.3 Å². The quantitative estimate of drug-likeness (QED) is 0.281. The molecule has 0 aromatic heterocycles. The minimum Gasteiger partial charge on any atom is -0.422 e. The second-order valence-electron chi connectivity index (χ2n) is 4.36. The molecule has 1 saturated heterocycles. The average Bonchev–Trinajstić information content (AvgIpc) is 2.95. The van der Waals surface area contributed by atoms with Crippen LogP contribution in [0.2, 0.25) is 0 Å². The lowest BCUT2D eigenvalue weighted by molar-refractivity contribution is -0.0442. The van der Waals surface area contributed by atoms with Gasteiger partial charge < -0.3 is 14.7 Å². The third kappa shape index (κ3) is 3.92. The molecule has 0 amide bonds. The molecule has 7 nitrogen and oxygen atoms in total. The molecule has 1 aliphatic heterocycles. The van der Waals surface area contributed by atoms with Crippen molar-refractivity contribution in [2.24, 2.45) is 10.5 Å². The summed E-state index contributed by atoms with van der Waals surface area (Å²) in [5.41, 5.74) is 0.452. The predicted molar refractivity (Wildman–Crippen MR) is 69.5 cm³/mol. The van der Waals surface area contributed by atoms with Gasteiger partial charge in [0.2, 0.25) is 0 Å². The molecule has 7 heteroatoms. The fraction of sp³-hybridized carbons (Fsp3) is 0.462. The molecule has 1 N–H and O–H groups in total. The molecule has 2 rings (SSSR count). The number of ether oxygens (including phenoxy) is 1. The minimum atomic E-state index is -0.477. The van der Waals surface area contributed by atoms with Crippen LogP contribution in [0.1, 0.15) is 23.2 Å². The van der Waals surface area contributed by atoms with Gasteiger partial charge in [0, 0.05) is 11.8 Å². The molecule has 1 aromatic rings. The van der Waals surface area contributed by atoms with Gasteiger partial charge >= 0.3 is 5.97 Å². The number of carbonyl (C=O) groups is 1. The number of rotatable bonds is 6. The third-order valence-corrected chi connectivity index (χ3v) is 3.02. The highest BCUT2D eigenvalue weighted by Crippen LogP contribution is 2.16. The number of carbonyl (C=O) groups excluding carboxylic acids is 1. The van der Waals surface area contributed by atoms with Crippen LogP contribution in [0.5, 0.6) is 0 Å². The van der Waals surface area contributed by atoms with Gasteiger partial charge in [-0.25, -0.2) is 4.79 Å². The maximum Gasteiger partial charge on any atom is 0.341 e. The van der Waals surface area contributed by atoms with Crippen molar-refractivity contribution in [2.75, 3.05) is 19.9 Å². The lowest BCUT2D eigenvalue weighted by Gasteiger charge is -2.16. The zero-order valence-electron chi connectivity index (χ0n) is 11.0. The highest BCUT2D eigenvalue weighted by atomic mass is 16.8. The van der Waals surface area contributed by atoms with Gasteiger partial charge in [0.1, 0.15) is 0 Å². The van der Waals surface area contributed by atoms with E-state index in [0.717, 1.165) is 19.4 Å². The Balaban J connectivity index is 1.67. The molecule has 20 heavy (non-hydrogen) atoms. The zero-order chi connectivity index (χ0) is 14.2. The Kier molecular flexibility index (Phi) is 5.31. The summed E-state index contributed by atoms with van der Waals surface area (Å²) in [4.78, 5) is 16.3. The molecule has 1 atom stereocenters. The lowest BCUT2D eigenvalue weighted by Crippen LogP contribution is -2.26. The largest absolute Gasteiger partial charge is 0.422 e. The summed E-state index contributed by atoms with van der Waals surface area (Å²) in [6.45, 7) is 0.485. The maximum absolute atomic E-state index is 11.5. The zero-order valence-corrected chi connectivity index (χ0v) is 11.0. The van der Waals surface area contributed by atoms with Crippen LogP contribution in [0, 0.1) is 0 Å². The van der Waals surface area contributed by atoms with Crippen molar-refractivity contribution < 1.29 is 19.5 Å². The first-order chi connectivity index (χ1) is 9.81. The van der Waals surface area contributed by atoms with Crippen LogP contribution in [-0.2, 0) is 9.57 Å². The molecule has 1 heterocycles. The van der Waals surface area contributed by atoms with Gasteiger partial charge in [-0.3, -0.25) is 5.01 Å². The molecule has 0 bridgehead atoms. The Morgan fingerprint density at radius 3 is 2.95 bits per heavy atom. The third-order valence-electron chi connectivity index (χ3n) is 3.02. The smallest absolute Gasteiger partial charge is 0.341 e. The molecule has 1 aromatic carbocycles. The van der Waals surface area contributed by atoms with E-state index in [-0.39, 0.29) is 19.4 Å². The van der Waals surface area contributed by atoms with Crippen LogP contribution in [0.15, 0.2) is 40.8 Å². The molecular formula is C13H17N3O4. The van der Waals surface area contributed by atoms with Crippen molar-refractivity contribution in [3.63, 3.8) is 0 Å². The number of nitrogens with zero attached hydrogens (tertiary/aromatic N) is 3. The van der Waals surface area contributed by atoms with Crippen LogP contribution < -0.4 is 0 Å². The SMILES string of the molecule is O=C(OCO/N=N\N1CCCC1CO)c1ccccc1. The van der Waals surface area contributed by atoms with Crippen LogP contribution in [-0.4, -0.2) is 42.1 Å². The molecule has 108 valence electrons.